The molecule has 0 saturated carbocycles. The molecule has 0 radical (unpaired) electrons. The fourth-order valence-corrected chi connectivity index (χ4v) is 3.40. The van der Waals surface area contributed by atoms with Crippen molar-refractivity contribution in [1.82, 2.24) is 10.2 Å². The molecule has 5 heteroatoms. The zero-order valence-corrected chi connectivity index (χ0v) is 15.6. The van der Waals surface area contributed by atoms with Crippen LogP contribution in [0.5, 0.6) is 0 Å². The summed E-state index contributed by atoms with van der Waals surface area (Å²) in [6.07, 6.45) is 1.54. The average molecular weight is 368 g/mol. The van der Waals surface area contributed by atoms with Gasteiger partial charge in [0, 0.05) is 18.0 Å². The highest BCUT2D eigenvalue weighted by Crippen LogP contribution is 2.21. The van der Waals surface area contributed by atoms with Gasteiger partial charge in [0.05, 0.1) is 6.54 Å². The van der Waals surface area contributed by atoms with Crippen LogP contribution in [-0.4, -0.2) is 36.2 Å². The maximum atomic E-state index is 13.6. The second-order valence-corrected chi connectivity index (χ2v) is 7.14. The first-order valence-corrected chi connectivity index (χ1v) is 9.36. The van der Waals surface area contributed by atoms with E-state index in [4.69, 9.17) is 0 Å². The Balaban J connectivity index is 1.42. The number of halogens is 1. The molecule has 1 aliphatic heterocycles. The molecule has 0 unspecified atom stereocenters. The van der Waals surface area contributed by atoms with Gasteiger partial charge in [0.1, 0.15) is 5.82 Å². The number of carbonyl (C=O) groups is 2. The van der Waals surface area contributed by atoms with Crippen molar-refractivity contribution in [3.8, 4) is 0 Å². The Morgan fingerprint density at radius 3 is 2.48 bits per heavy atom. The number of piperidine rings is 1. The zero-order chi connectivity index (χ0) is 19.2. The Hall–Kier alpha value is -2.53. The van der Waals surface area contributed by atoms with Gasteiger partial charge in [0.15, 0.2) is 5.78 Å². The van der Waals surface area contributed by atoms with Crippen LogP contribution < -0.4 is 5.32 Å². The lowest BCUT2D eigenvalue weighted by Gasteiger charge is -2.30. The summed E-state index contributed by atoms with van der Waals surface area (Å²) in [7, 11) is 0. The van der Waals surface area contributed by atoms with E-state index >= 15 is 0 Å². The van der Waals surface area contributed by atoms with E-state index in [0.29, 0.717) is 18.7 Å². The highest BCUT2D eigenvalue weighted by atomic mass is 19.1. The van der Waals surface area contributed by atoms with Crippen molar-refractivity contribution in [1.29, 1.82) is 0 Å². The number of amides is 1. The van der Waals surface area contributed by atoms with Crippen LogP contribution in [0.2, 0.25) is 0 Å². The summed E-state index contributed by atoms with van der Waals surface area (Å²) in [5.74, 6) is -0.112. The lowest BCUT2D eigenvalue weighted by atomic mass is 9.89. The van der Waals surface area contributed by atoms with Crippen LogP contribution in [0, 0.1) is 18.7 Å². The van der Waals surface area contributed by atoms with Crippen molar-refractivity contribution in [2.75, 3.05) is 19.6 Å². The number of nitrogens with zero attached hydrogens (tertiary/aromatic N) is 1. The number of benzene rings is 2. The number of hydrogen-bond donors (Lipinski definition) is 1. The third-order valence-corrected chi connectivity index (χ3v) is 5.11. The Kier molecular flexibility index (Phi) is 6.35. The van der Waals surface area contributed by atoms with Crippen LogP contribution in [0.25, 0.3) is 0 Å². The number of ketones is 1. The van der Waals surface area contributed by atoms with Crippen LogP contribution in [-0.2, 0) is 11.3 Å². The van der Waals surface area contributed by atoms with E-state index in [1.165, 1.54) is 6.07 Å². The van der Waals surface area contributed by atoms with Crippen molar-refractivity contribution in [2.24, 2.45) is 5.92 Å². The van der Waals surface area contributed by atoms with Crippen LogP contribution in [0.15, 0.2) is 48.5 Å². The lowest BCUT2D eigenvalue weighted by molar-refractivity contribution is -0.122. The summed E-state index contributed by atoms with van der Waals surface area (Å²) < 4.78 is 13.6. The van der Waals surface area contributed by atoms with Gasteiger partial charge in [-0.25, -0.2) is 4.39 Å². The highest BCUT2D eigenvalue weighted by molar-refractivity contribution is 5.97. The van der Waals surface area contributed by atoms with Gasteiger partial charge in [-0.15, -0.1) is 0 Å². The van der Waals surface area contributed by atoms with Gasteiger partial charge in [0.2, 0.25) is 5.91 Å². The number of likely N-dealkylation sites (tertiary alicyclic amines) is 1. The molecule has 0 bridgehead atoms. The van der Waals surface area contributed by atoms with Crippen LogP contribution in [0.3, 0.4) is 0 Å². The molecule has 0 spiro atoms. The topological polar surface area (TPSA) is 49.4 Å². The molecule has 2 aromatic rings. The molecule has 3 rings (SSSR count). The summed E-state index contributed by atoms with van der Waals surface area (Å²) in [5, 5.41) is 2.84. The first-order valence-electron chi connectivity index (χ1n) is 9.36. The van der Waals surface area contributed by atoms with Gasteiger partial charge in [-0.05, 0) is 50.0 Å². The Labute approximate surface area is 159 Å². The van der Waals surface area contributed by atoms with E-state index in [1.807, 2.05) is 36.4 Å². The monoisotopic (exact) mass is 368 g/mol. The molecule has 2 aromatic carbocycles. The molecule has 1 fully saturated rings. The van der Waals surface area contributed by atoms with Crippen molar-refractivity contribution >= 4 is 11.7 Å². The lowest BCUT2D eigenvalue weighted by Crippen LogP contribution is -2.42. The standard InChI is InChI=1S/C22H25FN2O2/c1-16-7-8-17(13-20(16)23)14-24-21(26)15-25-11-9-19(10-12-25)22(27)18-5-3-2-4-6-18/h2-8,13,19H,9-12,14-15H2,1H3,(H,24,26). The van der Waals surface area contributed by atoms with Crippen molar-refractivity contribution in [3.63, 3.8) is 0 Å². The number of aryl methyl sites for hydroxylation is 1. The van der Waals surface area contributed by atoms with E-state index in [0.717, 1.165) is 37.1 Å². The smallest absolute Gasteiger partial charge is 0.234 e. The largest absolute Gasteiger partial charge is 0.351 e. The van der Waals surface area contributed by atoms with Gasteiger partial charge < -0.3 is 5.32 Å². The number of nitrogens with one attached hydrogen (secondary N) is 1. The van der Waals surface area contributed by atoms with Crippen molar-refractivity contribution < 1.29 is 14.0 Å². The van der Waals surface area contributed by atoms with Gasteiger partial charge in [-0.3, -0.25) is 14.5 Å². The second-order valence-electron chi connectivity index (χ2n) is 7.14. The molecular formula is C22H25FN2O2. The quantitative estimate of drug-likeness (QED) is 0.796. The van der Waals surface area contributed by atoms with Gasteiger partial charge in [0.25, 0.3) is 0 Å². The highest BCUT2D eigenvalue weighted by Gasteiger charge is 2.26. The maximum Gasteiger partial charge on any atom is 0.234 e. The third kappa shape index (κ3) is 5.23. The van der Waals surface area contributed by atoms with Crippen LogP contribution >= 0.6 is 0 Å². The van der Waals surface area contributed by atoms with Crippen molar-refractivity contribution in [2.45, 2.75) is 26.3 Å². The summed E-state index contributed by atoms with van der Waals surface area (Å²) in [4.78, 5) is 26.7. The van der Waals surface area contributed by atoms with Crippen LogP contribution in [0.1, 0.15) is 34.3 Å². The first-order chi connectivity index (χ1) is 13.0. The molecule has 1 heterocycles. The number of Topliss-reactive ketones (excluding diaryl/α,β-unsaturated/α-hetero) is 1. The SMILES string of the molecule is Cc1ccc(CNC(=O)CN2CCC(C(=O)c3ccccc3)CC2)cc1F. The van der Waals surface area contributed by atoms with E-state index < -0.39 is 0 Å². The van der Waals surface area contributed by atoms with E-state index in [-0.39, 0.29) is 23.4 Å². The normalized spacial score (nSPS) is 15.5. The second kappa shape index (κ2) is 8.91. The molecule has 1 N–H and O–H groups in total. The molecule has 0 aromatic heterocycles. The number of rotatable bonds is 6. The fraction of sp³-hybridized carbons (Fsp3) is 0.364. The number of carbonyl (C=O) groups excluding carboxylic acids is 2. The molecule has 0 atom stereocenters. The molecule has 142 valence electrons. The molecule has 27 heavy (non-hydrogen) atoms. The summed E-state index contributed by atoms with van der Waals surface area (Å²) in [6, 6.07) is 14.4. The summed E-state index contributed by atoms with van der Waals surface area (Å²) >= 11 is 0. The molecule has 4 nitrogen and oxygen atoms in total. The Morgan fingerprint density at radius 1 is 1.11 bits per heavy atom. The van der Waals surface area contributed by atoms with Gasteiger partial charge >= 0.3 is 0 Å². The van der Waals surface area contributed by atoms with Gasteiger partial charge in [-0.2, -0.15) is 0 Å². The predicted molar refractivity (Wildman–Crippen MR) is 103 cm³/mol. The molecule has 1 amide bonds. The summed E-state index contributed by atoms with van der Waals surface area (Å²) in [6.45, 7) is 3.80. The molecule has 1 saturated heterocycles. The van der Waals surface area contributed by atoms with Gasteiger partial charge in [-0.1, -0.05) is 42.5 Å². The van der Waals surface area contributed by atoms with E-state index in [2.05, 4.69) is 10.2 Å². The average Bonchev–Trinajstić information content (AvgIpc) is 2.69. The van der Waals surface area contributed by atoms with E-state index in [9.17, 15) is 14.0 Å². The minimum atomic E-state index is -0.257. The molecule has 0 aliphatic carbocycles. The van der Waals surface area contributed by atoms with Crippen molar-refractivity contribution in [3.05, 3.63) is 71.0 Å². The molecule has 1 aliphatic rings. The minimum Gasteiger partial charge on any atom is -0.351 e. The van der Waals surface area contributed by atoms with Crippen LogP contribution in [0.4, 0.5) is 4.39 Å². The maximum absolute atomic E-state index is 13.6. The third-order valence-electron chi connectivity index (χ3n) is 5.11. The summed E-state index contributed by atoms with van der Waals surface area (Å²) in [5.41, 5.74) is 2.11. The minimum absolute atomic E-state index is 0.0299. The Morgan fingerprint density at radius 2 is 1.81 bits per heavy atom. The first kappa shape index (κ1) is 19.2. The predicted octanol–water partition coefficient (Wildman–Crippen LogP) is 3.35. The van der Waals surface area contributed by atoms with E-state index in [1.54, 1.807) is 13.0 Å². The number of hydrogen-bond acceptors (Lipinski definition) is 3. The molecular weight excluding hydrogens is 343 g/mol. The zero-order valence-electron chi connectivity index (χ0n) is 15.6. The Bertz CT molecular complexity index is 799. The fourth-order valence-electron chi connectivity index (χ4n) is 3.40.